The van der Waals surface area contributed by atoms with Crippen molar-refractivity contribution in [2.24, 2.45) is 5.41 Å². The average Bonchev–Trinajstić information content (AvgIpc) is 2.38. The van der Waals surface area contributed by atoms with E-state index in [1.54, 1.807) is 18.2 Å². The molecule has 0 saturated heterocycles. The maximum Gasteiger partial charge on any atom is 0.336 e. The van der Waals surface area contributed by atoms with Crippen molar-refractivity contribution < 1.29 is 14.7 Å². The lowest BCUT2D eigenvalue weighted by molar-refractivity contribution is 0.0688. The number of carboxylic acids is 1. The van der Waals surface area contributed by atoms with Crippen molar-refractivity contribution in [3.05, 3.63) is 59.7 Å². The Morgan fingerprint density at radius 2 is 1.83 bits per heavy atom. The molecule has 0 aliphatic heterocycles. The number of ketones is 1. The molecule has 2 rings (SSSR count). The standard InChI is InChI=1S/C15H14O3/c1-15(9-5-2-6-10-15)13(16)11-7-3-4-8-12(11)14(17)18/h2-9H,10H2,1H3,(H,17,18). The number of hydrogen-bond acceptors (Lipinski definition) is 2. The monoisotopic (exact) mass is 242 g/mol. The molecular formula is C15H14O3. The highest BCUT2D eigenvalue weighted by molar-refractivity contribution is 6.09. The molecule has 1 aliphatic carbocycles. The van der Waals surface area contributed by atoms with Gasteiger partial charge in [0.1, 0.15) is 0 Å². The summed E-state index contributed by atoms with van der Waals surface area (Å²) in [5.74, 6) is -1.22. The minimum Gasteiger partial charge on any atom is -0.478 e. The number of carboxylic acid groups (broad SMARTS) is 1. The van der Waals surface area contributed by atoms with Crippen LogP contribution in [0, 0.1) is 5.41 Å². The van der Waals surface area contributed by atoms with E-state index in [0.717, 1.165) is 0 Å². The molecule has 1 atom stereocenters. The molecule has 0 bridgehead atoms. The quantitative estimate of drug-likeness (QED) is 0.828. The first-order valence-electron chi connectivity index (χ1n) is 5.76. The number of carbonyl (C=O) groups excluding carboxylic acids is 1. The second kappa shape index (κ2) is 4.61. The van der Waals surface area contributed by atoms with Gasteiger partial charge in [0.05, 0.1) is 11.0 Å². The molecule has 0 aromatic heterocycles. The van der Waals surface area contributed by atoms with Crippen LogP contribution in [-0.2, 0) is 0 Å². The van der Waals surface area contributed by atoms with Crippen molar-refractivity contribution in [1.82, 2.24) is 0 Å². The molecule has 0 radical (unpaired) electrons. The number of aromatic carboxylic acids is 1. The van der Waals surface area contributed by atoms with Crippen molar-refractivity contribution in [3.63, 3.8) is 0 Å². The Labute approximate surface area is 105 Å². The van der Waals surface area contributed by atoms with E-state index in [2.05, 4.69) is 0 Å². The van der Waals surface area contributed by atoms with Gasteiger partial charge in [0, 0.05) is 5.56 Å². The summed E-state index contributed by atoms with van der Waals surface area (Å²) in [4.78, 5) is 23.6. The van der Waals surface area contributed by atoms with Crippen LogP contribution in [0.2, 0.25) is 0 Å². The zero-order chi connectivity index (χ0) is 13.2. The lowest BCUT2D eigenvalue weighted by Crippen LogP contribution is -2.27. The molecule has 3 heteroatoms. The first-order chi connectivity index (χ1) is 8.54. The van der Waals surface area contributed by atoms with Crippen molar-refractivity contribution in [1.29, 1.82) is 0 Å². The number of allylic oxidation sites excluding steroid dienone is 4. The van der Waals surface area contributed by atoms with E-state index in [9.17, 15) is 9.59 Å². The molecule has 1 unspecified atom stereocenters. The van der Waals surface area contributed by atoms with Crippen LogP contribution < -0.4 is 0 Å². The highest BCUT2D eigenvalue weighted by atomic mass is 16.4. The Morgan fingerprint density at radius 1 is 1.17 bits per heavy atom. The van der Waals surface area contributed by atoms with Crippen LogP contribution >= 0.6 is 0 Å². The van der Waals surface area contributed by atoms with Gasteiger partial charge in [0.2, 0.25) is 0 Å². The fourth-order valence-electron chi connectivity index (χ4n) is 2.07. The molecule has 3 nitrogen and oxygen atoms in total. The second-order valence-corrected chi connectivity index (χ2v) is 4.59. The maximum absolute atomic E-state index is 12.5. The van der Waals surface area contributed by atoms with Gasteiger partial charge in [-0.3, -0.25) is 4.79 Å². The fraction of sp³-hybridized carbons (Fsp3) is 0.200. The minimum absolute atomic E-state index is 0.0617. The third-order valence-electron chi connectivity index (χ3n) is 3.17. The number of benzene rings is 1. The molecule has 92 valence electrons. The van der Waals surface area contributed by atoms with Crippen molar-refractivity contribution in [2.45, 2.75) is 13.3 Å². The van der Waals surface area contributed by atoms with Gasteiger partial charge in [-0.2, -0.15) is 0 Å². The highest BCUT2D eigenvalue weighted by Crippen LogP contribution is 2.32. The smallest absolute Gasteiger partial charge is 0.336 e. The van der Waals surface area contributed by atoms with Crippen LogP contribution in [-0.4, -0.2) is 16.9 Å². The van der Waals surface area contributed by atoms with E-state index in [1.165, 1.54) is 6.07 Å². The maximum atomic E-state index is 12.5. The number of Topliss-reactive ketones (excluding diaryl/α,β-unsaturated/α-hetero) is 1. The van der Waals surface area contributed by atoms with E-state index in [4.69, 9.17) is 5.11 Å². The van der Waals surface area contributed by atoms with E-state index in [1.807, 2.05) is 31.2 Å². The summed E-state index contributed by atoms with van der Waals surface area (Å²) in [5, 5.41) is 9.11. The van der Waals surface area contributed by atoms with E-state index in [-0.39, 0.29) is 16.9 Å². The van der Waals surface area contributed by atoms with Crippen LogP contribution in [0.1, 0.15) is 34.1 Å². The van der Waals surface area contributed by atoms with Crippen LogP contribution in [0.5, 0.6) is 0 Å². The van der Waals surface area contributed by atoms with Crippen molar-refractivity contribution in [2.75, 3.05) is 0 Å². The molecule has 0 spiro atoms. The Kier molecular flexibility index (Phi) is 3.15. The largest absolute Gasteiger partial charge is 0.478 e. The molecule has 1 aromatic rings. The lowest BCUT2D eigenvalue weighted by atomic mass is 9.76. The molecule has 0 amide bonds. The van der Waals surface area contributed by atoms with Crippen molar-refractivity contribution >= 4 is 11.8 Å². The number of rotatable bonds is 3. The molecule has 0 fully saturated rings. The second-order valence-electron chi connectivity index (χ2n) is 4.59. The molecule has 0 saturated carbocycles. The normalized spacial score (nSPS) is 21.8. The molecular weight excluding hydrogens is 228 g/mol. The third kappa shape index (κ3) is 2.12. The van der Waals surface area contributed by atoms with Gasteiger partial charge >= 0.3 is 5.97 Å². The van der Waals surface area contributed by atoms with Gasteiger partial charge in [-0.25, -0.2) is 4.79 Å². The number of carbonyl (C=O) groups is 2. The summed E-state index contributed by atoms with van der Waals surface area (Å²) in [6.45, 7) is 1.83. The molecule has 1 aliphatic rings. The molecule has 0 heterocycles. The number of hydrogen-bond donors (Lipinski definition) is 1. The predicted octanol–water partition coefficient (Wildman–Crippen LogP) is 3.09. The summed E-state index contributed by atoms with van der Waals surface area (Å²) in [6.07, 6.45) is 8.05. The van der Waals surface area contributed by atoms with Crippen LogP contribution in [0.4, 0.5) is 0 Å². The topological polar surface area (TPSA) is 54.4 Å². The van der Waals surface area contributed by atoms with E-state index >= 15 is 0 Å². The SMILES string of the molecule is CC1(C(=O)c2ccccc2C(=O)O)C=CC=CC1. The third-order valence-corrected chi connectivity index (χ3v) is 3.17. The molecule has 1 N–H and O–H groups in total. The molecule has 1 aromatic carbocycles. The molecule has 18 heavy (non-hydrogen) atoms. The van der Waals surface area contributed by atoms with E-state index in [0.29, 0.717) is 6.42 Å². The Bertz CT molecular complexity index is 555. The van der Waals surface area contributed by atoms with Gasteiger partial charge in [-0.15, -0.1) is 0 Å². The predicted molar refractivity (Wildman–Crippen MR) is 68.7 cm³/mol. The summed E-state index contributed by atoms with van der Waals surface area (Å²) >= 11 is 0. The summed E-state index contributed by atoms with van der Waals surface area (Å²) in [7, 11) is 0. The fourth-order valence-corrected chi connectivity index (χ4v) is 2.07. The van der Waals surface area contributed by atoms with Crippen LogP contribution in [0.15, 0.2) is 48.6 Å². The summed E-state index contributed by atoms with van der Waals surface area (Å²) in [5.41, 5.74) is -0.320. The highest BCUT2D eigenvalue weighted by Gasteiger charge is 2.33. The van der Waals surface area contributed by atoms with E-state index < -0.39 is 11.4 Å². The van der Waals surface area contributed by atoms with Gasteiger partial charge in [-0.1, -0.05) is 42.5 Å². The zero-order valence-corrected chi connectivity index (χ0v) is 10.1. The lowest BCUT2D eigenvalue weighted by Gasteiger charge is -2.25. The Morgan fingerprint density at radius 3 is 2.39 bits per heavy atom. The van der Waals surface area contributed by atoms with Crippen LogP contribution in [0.25, 0.3) is 0 Å². The zero-order valence-electron chi connectivity index (χ0n) is 10.1. The van der Waals surface area contributed by atoms with Gasteiger partial charge in [0.25, 0.3) is 0 Å². The first-order valence-corrected chi connectivity index (χ1v) is 5.76. The first kappa shape index (κ1) is 12.3. The van der Waals surface area contributed by atoms with Gasteiger partial charge < -0.3 is 5.11 Å². The van der Waals surface area contributed by atoms with Gasteiger partial charge in [0.15, 0.2) is 5.78 Å². The Balaban J connectivity index is 2.43. The van der Waals surface area contributed by atoms with Crippen molar-refractivity contribution in [3.8, 4) is 0 Å². The average molecular weight is 242 g/mol. The summed E-state index contributed by atoms with van der Waals surface area (Å²) in [6, 6.07) is 6.34. The Hall–Kier alpha value is -2.16. The minimum atomic E-state index is -1.07. The summed E-state index contributed by atoms with van der Waals surface area (Å²) < 4.78 is 0. The van der Waals surface area contributed by atoms with Crippen LogP contribution in [0.3, 0.4) is 0 Å². The van der Waals surface area contributed by atoms with Gasteiger partial charge in [-0.05, 0) is 19.4 Å².